The first kappa shape index (κ1) is 25.0. The number of carboxylic acid groups (broad SMARTS) is 1. The number of halogens is 1. The van der Waals surface area contributed by atoms with Crippen molar-refractivity contribution >= 4 is 34.1 Å². The first-order chi connectivity index (χ1) is 17.1. The number of nitrogen functional groups attached to an aromatic ring is 1. The van der Waals surface area contributed by atoms with Crippen LogP contribution >= 0.6 is 0 Å². The highest BCUT2D eigenvalue weighted by atomic mass is 19.1. The highest BCUT2D eigenvalue weighted by Crippen LogP contribution is 2.41. The van der Waals surface area contributed by atoms with E-state index in [-0.39, 0.29) is 22.5 Å². The Labute approximate surface area is 208 Å². The SMILES string of the molecule is CC(C)(C#N)C1CCC1.Cc1c(-c2cc3cc(NC(=O)O)ncc3c(N)c2F)cnc2c1NCCO2. The molecule has 1 fully saturated rings. The van der Waals surface area contributed by atoms with Crippen LogP contribution in [-0.4, -0.2) is 34.3 Å². The van der Waals surface area contributed by atoms with E-state index in [1.54, 1.807) is 12.3 Å². The minimum absolute atomic E-state index is 0.0572. The number of nitrogens with one attached hydrogen (secondary N) is 2. The third-order valence-electron chi connectivity index (χ3n) is 6.88. The van der Waals surface area contributed by atoms with Gasteiger partial charge in [-0.1, -0.05) is 6.42 Å². The third kappa shape index (κ3) is 4.82. The second kappa shape index (κ2) is 9.85. The molecule has 0 radical (unpaired) electrons. The van der Waals surface area contributed by atoms with Crippen LogP contribution in [0, 0.1) is 35.4 Å². The Morgan fingerprint density at radius 3 is 2.67 bits per heavy atom. The highest BCUT2D eigenvalue weighted by Gasteiger charge is 2.33. The normalized spacial score (nSPS) is 14.8. The van der Waals surface area contributed by atoms with E-state index in [0.717, 1.165) is 11.3 Å². The number of amides is 1. The number of nitriles is 1. The summed E-state index contributed by atoms with van der Waals surface area (Å²) in [6.07, 6.45) is 5.51. The molecule has 0 spiro atoms. The Morgan fingerprint density at radius 1 is 1.31 bits per heavy atom. The Morgan fingerprint density at radius 2 is 2.06 bits per heavy atom. The molecule has 5 rings (SSSR count). The zero-order valence-electron chi connectivity index (χ0n) is 20.5. The van der Waals surface area contributed by atoms with Crippen LogP contribution in [0.25, 0.3) is 21.9 Å². The Hall–Kier alpha value is -4.13. The highest BCUT2D eigenvalue weighted by molar-refractivity contribution is 5.99. The fourth-order valence-electron chi connectivity index (χ4n) is 4.39. The zero-order valence-corrected chi connectivity index (χ0v) is 20.5. The summed E-state index contributed by atoms with van der Waals surface area (Å²) in [6.45, 7) is 7.08. The first-order valence-electron chi connectivity index (χ1n) is 11.8. The van der Waals surface area contributed by atoms with E-state index in [1.807, 2.05) is 20.8 Å². The average Bonchev–Trinajstić information content (AvgIpc) is 2.81. The second-order valence-electron chi connectivity index (χ2n) is 9.59. The van der Waals surface area contributed by atoms with Gasteiger partial charge in [0.15, 0.2) is 5.82 Å². The lowest BCUT2D eigenvalue weighted by Crippen LogP contribution is -2.27. The van der Waals surface area contributed by atoms with Gasteiger partial charge in [0.25, 0.3) is 0 Å². The Balaban J connectivity index is 0.000000286. The van der Waals surface area contributed by atoms with E-state index in [9.17, 15) is 9.18 Å². The molecule has 0 unspecified atom stereocenters. The van der Waals surface area contributed by atoms with Crippen LogP contribution in [0.2, 0.25) is 0 Å². The van der Waals surface area contributed by atoms with E-state index in [2.05, 4.69) is 26.7 Å². The van der Waals surface area contributed by atoms with Crippen molar-refractivity contribution in [3.05, 3.63) is 35.9 Å². The van der Waals surface area contributed by atoms with Crippen LogP contribution in [-0.2, 0) is 0 Å². The summed E-state index contributed by atoms with van der Waals surface area (Å²) < 4.78 is 20.5. The van der Waals surface area contributed by atoms with Crippen molar-refractivity contribution in [2.45, 2.75) is 40.0 Å². The summed E-state index contributed by atoms with van der Waals surface area (Å²) >= 11 is 0. The van der Waals surface area contributed by atoms with Crippen LogP contribution in [0.1, 0.15) is 38.7 Å². The van der Waals surface area contributed by atoms with Crippen molar-refractivity contribution in [1.29, 1.82) is 5.26 Å². The number of benzene rings is 1. The maximum absolute atomic E-state index is 15.0. The van der Waals surface area contributed by atoms with Crippen LogP contribution < -0.4 is 21.1 Å². The second-order valence-corrected chi connectivity index (χ2v) is 9.59. The van der Waals surface area contributed by atoms with Gasteiger partial charge in [-0.05, 0) is 62.6 Å². The number of nitrogens with zero attached hydrogens (tertiary/aromatic N) is 3. The van der Waals surface area contributed by atoms with Gasteiger partial charge in [-0.2, -0.15) is 5.26 Å². The molecular formula is C26H29FN6O3. The lowest BCUT2D eigenvalue weighted by Gasteiger charge is -2.34. The molecule has 2 aliphatic rings. The predicted octanol–water partition coefficient (Wildman–Crippen LogP) is 5.56. The van der Waals surface area contributed by atoms with Gasteiger partial charge in [0.1, 0.15) is 18.1 Å². The van der Waals surface area contributed by atoms with Gasteiger partial charge in [-0.15, -0.1) is 0 Å². The average molecular weight is 493 g/mol. The number of fused-ring (bicyclic) bond motifs is 2. The van der Waals surface area contributed by atoms with Crippen molar-refractivity contribution in [3.8, 4) is 23.1 Å². The smallest absolute Gasteiger partial charge is 0.410 e. The molecule has 10 heteroatoms. The quantitative estimate of drug-likeness (QED) is 0.348. The summed E-state index contributed by atoms with van der Waals surface area (Å²) in [6, 6.07) is 5.46. The Bertz CT molecular complexity index is 1360. The number of ether oxygens (including phenoxy) is 1. The van der Waals surface area contributed by atoms with Gasteiger partial charge in [0, 0.05) is 35.5 Å². The monoisotopic (exact) mass is 492 g/mol. The Kier molecular flexibility index (Phi) is 6.84. The first-order valence-corrected chi connectivity index (χ1v) is 11.8. The molecule has 1 saturated carbocycles. The molecule has 5 N–H and O–H groups in total. The minimum Gasteiger partial charge on any atom is -0.474 e. The maximum Gasteiger partial charge on any atom is 0.410 e. The maximum atomic E-state index is 15.0. The van der Waals surface area contributed by atoms with Crippen molar-refractivity contribution < 1.29 is 19.0 Å². The molecule has 1 aromatic carbocycles. The fraction of sp³-hybridized carbons (Fsp3) is 0.385. The summed E-state index contributed by atoms with van der Waals surface area (Å²) in [5.74, 6) is 0.712. The van der Waals surface area contributed by atoms with Crippen molar-refractivity contribution in [1.82, 2.24) is 9.97 Å². The lowest BCUT2D eigenvalue weighted by atomic mass is 9.68. The van der Waals surface area contributed by atoms with Crippen LogP contribution in [0.3, 0.4) is 0 Å². The molecule has 1 amide bonds. The third-order valence-corrected chi connectivity index (χ3v) is 6.88. The molecule has 0 bridgehead atoms. The molecule has 3 heterocycles. The standard InChI is InChI=1S/C18H16FN5O3.C8H13N/c1-8-11(6-23-17-16(8)21-2-3-27-17)10-4-9-5-13(24-18(25)26)22-7-12(9)15(20)14(10)19;1-8(2,6-9)7-4-3-5-7/h4-7,21H,2-3,20H2,1H3,(H,22,24)(H,25,26);7H,3-5H2,1-2H3. The van der Waals surface area contributed by atoms with E-state index >= 15 is 0 Å². The number of aromatic nitrogens is 2. The van der Waals surface area contributed by atoms with Gasteiger partial charge >= 0.3 is 6.09 Å². The van der Waals surface area contributed by atoms with E-state index in [4.69, 9.17) is 20.8 Å². The van der Waals surface area contributed by atoms with E-state index in [1.165, 1.54) is 31.5 Å². The topological polar surface area (TPSA) is 146 Å². The van der Waals surface area contributed by atoms with Crippen LogP contribution in [0.15, 0.2) is 24.5 Å². The minimum atomic E-state index is -1.24. The zero-order chi connectivity index (χ0) is 26.0. The summed E-state index contributed by atoms with van der Waals surface area (Å²) in [4.78, 5) is 19.1. The van der Waals surface area contributed by atoms with Gasteiger partial charge in [0.2, 0.25) is 5.88 Å². The molecule has 1 aliphatic heterocycles. The molecule has 9 nitrogen and oxygen atoms in total. The largest absolute Gasteiger partial charge is 0.474 e. The molecule has 3 aromatic rings. The molecule has 0 saturated heterocycles. The molecule has 2 aromatic heterocycles. The van der Waals surface area contributed by atoms with Crippen molar-refractivity contribution in [2.24, 2.45) is 11.3 Å². The molecule has 0 atom stereocenters. The van der Waals surface area contributed by atoms with Crippen molar-refractivity contribution in [2.75, 3.05) is 29.5 Å². The predicted molar refractivity (Wildman–Crippen MR) is 136 cm³/mol. The molecule has 188 valence electrons. The molecule has 1 aliphatic carbocycles. The van der Waals surface area contributed by atoms with Crippen LogP contribution in [0.4, 0.5) is 26.4 Å². The van der Waals surface area contributed by atoms with Gasteiger partial charge in [-0.3, -0.25) is 5.32 Å². The number of pyridine rings is 2. The number of carbonyl (C=O) groups is 1. The van der Waals surface area contributed by atoms with Gasteiger partial charge in [0.05, 0.1) is 17.2 Å². The molecule has 36 heavy (non-hydrogen) atoms. The number of hydrogen-bond donors (Lipinski definition) is 4. The summed E-state index contributed by atoms with van der Waals surface area (Å²) in [5, 5.41) is 23.9. The number of hydrogen-bond acceptors (Lipinski definition) is 7. The number of anilines is 3. The van der Waals surface area contributed by atoms with E-state index in [0.29, 0.717) is 41.3 Å². The van der Waals surface area contributed by atoms with Crippen molar-refractivity contribution in [3.63, 3.8) is 0 Å². The van der Waals surface area contributed by atoms with Gasteiger partial charge in [-0.25, -0.2) is 19.2 Å². The number of nitrogens with two attached hydrogens (primary N) is 1. The summed E-state index contributed by atoms with van der Waals surface area (Å²) in [5.41, 5.74) is 8.22. The summed E-state index contributed by atoms with van der Waals surface area (Å²) in [7, 11) is 0. The van der Waals surface area contributed by atoms with Crippen LogP contribution in [0.5, 0.6) is 5.88 Å². The van der Waals surface area contributed by atoms with E-state index < -0.39 is 11.9 Å². The molecular weight excluding hydrogens is 463 g/mol. The van der Waals surface area contributed by atoms with Gasteiger partial charge < -0.3 is 20.9 Å². The fourth-order valence-corrected chi connectivity index (χ4v) is 4.39. The lowest BCUT2D eigenvalue weighted by molar-refractivity contribution is 0.176. The number of rotatable bonds is 3.